The van der Waals surface area contributed by atoms with Gasteiger partial charge in [-0.15, -0.1) is 0 Å². The molecular formula is C15H19FN2O2. The third-order valence-corrected chi connectivity index (χ3v) is 2.87. The number of amides is 1. The number of nitrogens with one attached hydrogen (secondary N) is 1. The van der Waals surface area contributed by atoms with Crippen LogP contribution in [0.15, 0.2) is 18.2 Å². The van der Waals surface area contributed by atoms with Crippen LogP contribution in [0.1, 0.15) is 39.2 Å². The van der Waals surface area contributed by atoms with E-state index >= 15 is 0 Å². The Bertz CT molecular complexity index is 511. The first-order chi connectivity index (χ1) is 9.49. The molecule has 2 atom stereocenters. The number of rotatable bonds is 6. The maximum absolute atomic E-state index is 13.4. The fourth-order valence-corrected chi connectivity index (χ4v) is 1.82. The van der Waals surface area contributed by atoms with E-state index in [1.54, 1.807) is 13.0 Å². The Morgan fingerprint density at radius 2 is 2.20 bits per heavy atom. The number of ether oxygens (including phenoxy) is 1. The molecule has 1 N–H and O–H groups in total. The molecule has 5 heteroatoms. The zero-order chi connectivity index (χ0) is 15.1. The van der Waals surface area contributed by atoms with Gasteiger partial charge < -0.3 is 10.1 Å². The first kappa shape index (κ1) is 16.0. The molecule has 0 aromatic heterocycles. The summed E-state index contributed by atoms with van der Waals surface area (Å²) in [7, 11) is 0. The molecule has 2 unspecified atom stereocenters. The van der Waals surface area contributed by atoms with Gasteiger partial charge in [-0.25, -0.2) is 4.39 Å². The van der Waals surface area contributed by atoms with E-state index in [9.17, 15) is 9.18 Å². The third kappa shape index (κ3) is 4.23. The van der Waals surface area contributed by atoms with Gasteiger partial charge in [0.05, 0.1) is 0 Å². The molecule has 4 nitrogen and oxygen atoms in total. The highest BCUT2D eigenvalue weighted by Crippen LogP contribution is 2.21. The molecule has 1 amide bonds. The summed E-state index contributed by atoms with van der Waals surface area (Å²) >= 11 is 0. The molecule has 0 spiro atoms. The molecule has 20 heavy (non-hydrogen) atoms. The van der Waals surface area contributed by atoms with Gasteiger partial charge in [-0.1, -0.05) is 19.4 Å². The number of benzene rings is 1. The van der Waals surface area contributed by atoms with E-state index in [0.717, 1.165) is 12.8 Å². The zero-order valence-electron chi connectivity index (χ0n) is 11.9. The highest BCUT2D eigenvalue weighted by molar-refractivity contribution is 5.81. The summed E-state index contributed by atoms with van der Waals surface area (Å²) in [5, 5.41) is 11.7. The van der Waals surface area contributed by atoms with Crippen molar-refractivity contribution in [3.63, 3.8) is 0 Å². The summed E-state index contributed by atoms with van der Waals surface area (Å²) in [4.78, 5) is 11.9. The molecule has 0 saturated heterocycles. The summed E-state index contributed by atoms with van der Waals surface area (Å²) in [6.07, 6.45) is 1.06. The summed E-state index contributed by atoms with van der Waals surface area (Å²) in [5.74, 6) is -0.852. The summed E-state index contributed by atoms with van der Waals surface area (Å²) < 4.78 is 18.8. The van der Waals surface area contributed by atoms with E-state index in [0.29, 0.717) is 0 Å². The Morgan fingerprint density at radius 3 is 2.80 bits per heavy atom. The number of nitriles is 1. The lowest BCUT2D eigenvalue weighted by Gasteiger charge is -2.18. The minimum absolute atomic E-state index is 0.0569. The van der Waals surface area contributed by atoms with Crippen molar-refractivity contribution >= 4 is 5.91 Å². The molecule has 0 radical (unpaired) electrons. The Labute approximate surface area is 118 Å². The third-order valence-electron chi connectivity index (χ3n) is 2.87. The van der Waals surface area contributed by atoms with E-state index in [1.165, 1.54) is 18.2 Å². The van der Waals surface area contributed by atoms with Gasteiger partial charge in [-0.3, -0.25) is 4.79 Å². The lowest BCUT2D eigenvalue weighted by atomic mass is 10.2. The summed E-state index contributed by atoms with van der Waals surface area (Å²) in [5.41, 5.74) is -0.186. The van der Waals surface area contributed by atoms with Crippen LogP contribution in [0.3, 0.4) is 0 Å². The molecule has 0 aliphatic heterocycles. The van der Waals surface area contributed by atoms with Gasteiger partial charge in [0.1, 0.15) is 23.2 Å². The van der Waals surface area contributed by atoms with E-state index in [1.807, 2.05) is 13.8 Å². The summed E-state index contributed by atoms with van der Waals surface area (Å²) in [6, 6.07) is 5.89. The monoisotopic (exact) mass is 278 g/mol. The molecule has 0 aliphatic carbocycles. The average Bonchev–Trinajstić information content (AvgIpc) is 2.39. The van der Waals surface area contributed by atoms with Gasteiger partial charge in [0.25, 0.3) is 5.91 Å². The van der Waals surface area contributed by atoms with E-state index in [4.69, 9.17) is 10.00 Å². The van der Waals surface area contributed by atoms with Crippen molar-refractivity contribution in [2.75, 3.05) is 0 Å². The second-order valence-electron chi connectivity index (χ2n) is 4.68. The van der Waals surface area contributed by atoms with E-state index < -0.39 is 11.9 Å². The van der Waals surface area contributed by atoms with E-state index in [-0.39, 0.29) is 23.3 Å². The smallest absolute Gasteiger partial charge is 0.260 e. The van der Waals surface area contributed by atoms with Crippen LogP contribution >= 0.6 is 0 Å². The minimum atomic E-state index is -0.789. The molecule has 108 valence electrons. The van der Waals surface area contributed by atoms with Crippen molar-refractivity contribution in [1.29, 1.82) is 5.26 Å². The lowest BCUT2D eigenvalue weighted by Crippen LogP contribution is -2.41. The first-order valence-electron chi connectivity index (χ1n) is 6.65. The molecule has 0 fully saturated rings. The number of carbonyl (C=O) groups excluding carboxylic acids is 1. The standard InChI is InChI=1S/C15H19FN2O2/c1-4-6-10(2)18-15(19)11(3)20-14-8-5-7-13(16)12(14)9-17/h5,7-8,10-11H,4,6H2,1-3H3,(H,18,19). The minimum Gasteiger partial charge on any atom is -0.479 e. The lowest BCUT2D eigenvalue weighted by molar-refractivity contribution is -0.127. The number of hydrogen-bond donors (Lipinski definition) is 1. The summed E-state index contributed by atoms with van der Waals surface area (Å²) in [6.45, 7) is 5.52. The Hall–Kier alpha value is -2.09. The Kier molecular flexibility index (Phi) is 5.98. The number of halogens is 1. The fraction of sp³-hybridized carbons (Fsp3) is 0.467. The molecule has 0 aliphatic rings. The van der Waals surface area contributed by atoms with Crippen molar-refractivity contribution in [3.05, 3.63) is 29.6 Å². The van der Waals surface area contributed by atoms with Gasteiger partial charge in [0.2, 0.25) is 0 Å². The number of hydrogen-bond acceptors (Lipinski definition) is 3. The SMILES string of the molecule is CCCC(C)NC(=O)C(C)Oc1cccc(F)c1C#N. The molecule has 0 saturated carbocycles. The fourth-order valence-electron chi connectivity index (χ4n) is 1.82. The highest BCUT2D eigenvalue weighted by atomic mass is 19.1. The second kappa shape index (κ2) is 7.49. The largest absolute Gasteiger partial charge is 0.479 e. The van der Waals surface area contributed by atoms with Gasteiger partial charge in [-0.05, 0) is 32.4 Å². The normalized spacial score (nSPS) is 13.2. The van der Waals surface area contributed by atoms with Crippen LogP contribution in [0, 0.1) is 17.1 Å². The highest BCUT2D eigenvalue weighted by Gasteiger charge is 2.19. The molecule has 1 aromatic carbocycles. The molecule has 0 bridgehead atoms. The predicted molar refractivity (Wildman–Crippen MR) is 73.7 cm³/mol. The van der Waals surface area contributed by atoms with Gasteiger partial charge in [-0.2, -0.15) is 5.26 Å². The van der Waals surface area contributed by atoms with Crippen LogP contribution in [-0.2, 0) is 4.79 Å². The van der Waals surface area contributed by atoms with Crippen LogP contribution in [0.5, 0.6) is 5.75 Å². The van der Waals surface area contributed by atoms with Crippen molar-refractivity contribution in [3.8, 4) is 11.8 Å². The van der Waals surface area contributed by atoms with Gasteiger partial charge in [0.15, 0.2) is 6.10 Å². The van der Waals surface area contributed by atoms with Crippen molar-refractivity contribution in [1.82, 2.24) is 5.32 Å². The quantitative estimate of drug-likeness (QED) is 0.870. The maximum Gasteiger partial charge on any atom is 0.260 e. The topological polar surface area (TPSA) is 62.1 Å². The molecule has 1 rings (SSSR count). The second-order valence-corrected chi connectivity index (χ2v) is 4.68. The van der Waals surface area contributed by atoms with Crippen molar-refractivity contribution in [2.45, 2.75) is 45.8 Å². The van der Waals surface area contributed by atoms with Crippen molar-refractivity contribution < 1.29 is 13.9 Å². The van der Waals surface area contributed by atoms with E-state index in [2.05, 4.69) is 5.32 Å². The molecule has 1 aromatic rings. The maximum atomic E-state index is 13.4. The molecule has 0 heterocycles. The zero-order valence-corrected chi connectivity index (χ0v) is 11.9. The van der Waals surface area contributed by atoms with Crippen LogP contribution in [-0.4, -0.2) is 18.1 Å². The number of nitrogens with zero attached hydrogens (tertiary/aromatic N) is 1. The Balaban J connectivity index is 2.71. The first-order valence-corrected chi connectivity index (χ1v) is 6.65. The average molecular weight is 278 g/mol. The van der Waals surface area contributed by atoms with Crippen LogP contribution in [0.2, 0.25) is 0 Å². The van der Waals surface area contributed by atoms with Crippen molar-refractivity contribution in [2.24, 2.45) is 0 Å². The number of carbonyl (C=O) groups is 1. The predicted octanol–water partition coefficient (Wildman–Crippen LogP) is 2.77. The molecular weight excluding hydrogens is 259 g/mol. The van der Waals surface area contributed by atoms with Crippen LogP contribution in [0.4, 0.5) is 4.39 Å². The van der Waals surface area contributed by atoms with Crippen LogP contribution < -0.4 is 10.1 Å². The Morgan fingerprint density at radius 1 is 1.50 bits per heavy atom. The van der Waals surface area contributed by atoms with Crippen LogP contribution in [0.25, 0.3) is 0 Å². The van der Waals surface area contributed by atoms with Gasteiger partial charge >= 0.3 is 0 Å². The van der Waals surface area contributed by atoms with Gasteiger partial charge in [0, 0.05) is 6.04 Å².